The molecule has 3 aliphatic rings. The third-order valence-corrected chi connectivity index (χ3v) is 5.44. The Hall–Kier alpha value is -3.75. The maximum atomic E-state index is 13.0. The Labute approximate surface area is 187 Å². The summed E-state index contributed by atoms with van der Waals surface area (Å²) in [4.78, 5) is 35.0. The number of fused-ring (bicyclic) bond motifs is 3. The molecule has 1 aromatic rings. The van der Waals surface area contributed by atoms with Crippen LogP contribution in [0.1, 0.15) is 5.56 Å². The van der Waals surface area contributed by atoms with Crippen LogP contribution in [0, 0.1) is 0 Å². The van der Waals surface area contributed by atoms with E-state index in [4.69, 9.17) is 9.47 Å². The fourth-order valence-electron chi connectivity index (χ4n) is 3.74. The third kappa shape index (κ3) is 4.05. The van der Waals surface area contributed by atoms with Crippen LogP contribution >= 0.6 is 0 Å². The van der Waals surface area contributed by atoms with Crippen molar-refractivity contribution in [1.29, 1.82) is 0 Å². The Balaban J connectivity index is 1.67. The Morgan fingerprint density at radius 1 is 1.31 bits per heavy atom. The van der Waals surface area contributed by atoms with Crippen molar-refractivity contribution in [3.63, 3.8) is 0 Å². The number of benzene rings is 1. The summed E-state index contributed by atoms with van der Waals surface area (Å²) in [6.45, 7) is 1.76. The van der Waals surface area contributed by atoms with E-state index in [9.17, 15) is 9.59 Å². The van der Waals surface area contributed by atoms with Gasteiger partial charge in [0.25, 0.3) is 5.91 Å². The summed E-state index contributed by atoms with van der Waals surface area (Å²) in [6.07, 6.45) is 7.23. The minimum atomic E-state index is -0.157. The van der Waals surface area contributed by atoms with Crippen molar-refractivity contribution in [2.45, 2.75) is 0 Å². The molecule has 1 aromatic carbocycles. The van der Waals surface area contributed by atoms with Crippen LogP contribution in [0.4, 0.5) is 5.69 Å². The molecule has 3 aliphatic heterocycles. The Bertz CT molecular complexity index is 1070. The molecular formula is C23H27N5O4. The highest BCUT2D eigenvalue weighted by Crippen LogP contribution is 2.43. The van der Waals surface area contributed by atoms with E-state index in [0.29, 0.717) is 48.2 Å². The van der Waals surface area contributed by atoms with E-state index in [2.05, 4.69) is 10.3 Å². The van der Waals surface area contributed by atoms with Gasteiger partial charge in [-0.3, -0.25) is 14.6 Å². The number of nitrogens with zero attached hydrogens (tertiary/aromatic N) is 4. The lowest BCUT2D eigenvalue weighted by molar-refractivity contribution is -0.130. The highest BCUT2D eigenvalue weighted by atomic mass is 16.5. The minimum absolute atomic E-state index is 0.0682. The van der Waals surface area contributed by atoms with Crippen LogP contribution in [-0.2, 0) is 9.59 Å². The van der Waals surface area contributed by atoms with Gasteiger partial charge in [0.1, 0.15) is 11.7 Å². The van der Waals surface area contributed by atoms with E-state index < -0.39 is 0 Å². The number of methoxy groups -OCH3 is 1. The van der Waals surface area contributed by atoms with Crippen LogP contribution in [0.15, 0.2) is 52.9 Å². The van der Waals surface area contributed by atoms with Crippen LogP contribution in [0.25, 0.3) is 0 Å². The number of ketones is 1. The predicted octanol–water partition coefficient (Wildman–Crippen LogP) is 1.45. The first kappa shape index (κ1) is 21.5. The molecule has 0 unspecified atom stereocenters. The average molecular weight is 438 g/mol. The van der Waals surface area contributed by atoms with Gasteiger partial charge in [0.05, 0.1) is 19.3 Å². The zero-order valence-electron chi connectivity index (χ0n) is 18.7. The molecule has 0 spiro atoms. The van der Waals surface area contributed by atoms with Crippen molar-refractivity contribution in [2.75, 3.05) is 59.8 Å². The molecule has 0 aliphatic carbocycles. The predicted molar refractivity (Wildman–Crippen MR) is 122 cm³/mol. The van der Waals surface area contributed by atoms with Gasteiger partial charge in [0.2, 0.25) is 0 Å². The third-order valence-electron chi connectivity index (χ3n) is 5.44. The van der Waals surface area contributed by atoms with Gasteiger partial charge in [0.15, 0.2) is 23.9 Å². The topological polar surface area (TPSA) is 86.7 Å². The molecule has 32 heavy (non-hydrogen) atoms. The molecule has 0 radical (unpaired) electrons. The first-order valence-corrected chi connectivity index (χ1v) is 10.4. The number of hydrogen-bond acceptors (Lipinski definition) is 8. The molecule has 0 atom stereocenters. The minimum Gasteiger partial charge on any atom is -0.491 e. The number of anilines is 1. The second kappa shape index (κ2) is 8.78. The lowest BCUT2D eigenvalue weighted by atomic mass is 10.0. The van der Waals surface area contributed by atoms with Crippen LogP contribution < -0.4 is 14.8 Å². The fraction of sp³-hybridized carbons (Fsp3) is 0.348. The zero-order valence-corrected chi connectivity index (χ0v) is 18.7. The standard InChI is InChI=1S/C23H27N5O4/c1-26(2)20(30)14-32-18-8-7-16-21(22(18)31-4)25-19(28-11-9-24-23(16)28)12-17(29)15-6-5-10-27(3)13-15/h5-8,10,12,25H,9,11,13-14H2,1-4H3. The number of allylic oxidation sites excluding steroid dienone is 3. The van der Waals surface area contributed by atoms with Gasteiger partial charge in [-0.15, -0.1) is 0 Å². The van der Waals surface area contributed by atoms with Crippen molar-refractivity contribution < 1.29 is 19.1 Å². The number of amidine groups is 1. The van der Waals surface area contributed by atoms with E-state index in [-0.39, 0.29) is 18.3 Å². The van der Waals surface area contributed by atoms with Crippen molar-refractivity contribution in [1.82, 2.24) is 14.7 Å². The molecule has 168 valence electrons. The van der Waals surface area contributed by atoms with Gasteiger partial charge in [-0.25, -0.2) is 0 Å². The van der Waals surface area contributed by atoms with E-state index in [1.165, 1.54) is 4.90 Å². The summed E-state index contributed by atoms with van der Waals surface area (Å²) in [6, 6.07) is 3.66. The SMILES string of the molecule is COc1c(OCC(=O)N(C)C)ccc2c1NC(=CC(=O)C1=CC=CN(C)C1)N1CCN=C21. The Kier molecular flexibility index (Phi) is 5.89. The van der Waals surface area contributed by atoms with Gasteiger partial charge in [0, 0.05) is 51.4 Å². The molecule has 3 heterocycles. The Morgan fingerprint density at radius 3 is 2.84 bits per heavy atom. The van der Waals surface area contributed by atoms with Gasteiger partial charge >= 0.3 is 0 Å². The molecule has 1 amide bonds. The monoisotopic (exact) mass is 437 g/mol. The van der Waals surface area contributed by atoms with Gasteiger partial charge in [-0.2, -0.15) is 0 Å². The van der Waals surface area contributed by atoms with Crippen molar-refractivity contribution in [2.24, 2.45) is 4.99 Å². The number of nitrogens with one attached hydrogen (secondary N) is 1. The van der Waals surface area contributed by atoms with Crippen LogP contribution in [0.2, 0.25) is 0 Å². The molecule has 9 nitrogen and oxygen atoms in total. The first-order chi connectivity index (χ1) is 15.4. The smallest absolute Gasteiger partial charge is 0.259 e. The largest absolute Gasteiger partial charge is 0.491 e. The molecule has 4 rings (SSSR count). The molecule has 0 bridgehead atoms. The van der Waals surface area contributed by atoms with Crippen LogP contribution in [0.5, 0.6) is 11.5 Å². The number of likely N-dealkylation sites (N-methyl/N-ethyl adjacent to an activating group) is 2. The lowest BCUT2D eigenvalue weighted by Gasteiger charge is -2.32. The number of carbonyl (C=O) groups excluding carboxylic acids is 2. The van der Waals surface area contributed by atoms with Crippen molar-refractivity contribution >= 4 is 23.2 Å². The van der Waals surface area contributed by atoms with Crippen molar-refractivity contribution in [3.05, 3.63) is 53.5 Å². The highest BCUT2D eigenvalue weighted by molar-refractivity contribution is 6.11. The molecular weight excluding hydrogens is 410 g/mol. The first-order valence-electron chi connectivity index (χ1n) is 10.4. The number of hydrogen-bond donors (Lipinski definition) is 1. The van der Waals surface area contributed by atoms with Gasteiger partial charge in [-0.1, -0.05) is 6.08 Å². The van der Waals surface area contributed by atoms with Gasteiger partial charge in [-0.05, 0) is 24.4 Å². The molecule has 0 aromatic heterocycles. The number of rotatable bonds is 6. The lowest BCUT2D eigenvalue weighted by Crippen LogP contribution is -2.37. The number of aliphatic imine (C=N–C) groups is 1. The molecule has 1 N–H and O–H groups in total. The summed E-state index contributed by atoms with van der Waals surface area (Å²) < 4.78 is 11.4. The molecule has 9 heteroatoms. The summed E-state index contributed by atoms with van der Waals surface area (Å²) in [5.41, 5.74) is 2.22. The quantitative estimate of drug-likeness (QED) is 0.674. The van der Waals surface area contributed by atoms with E-state index in [1.807, 2.05) is 41.3 Å². The normalized spacial score (nSPS) is 17.8. The number of carbonyl (C=O) groups is 2. The second-order valence-electron chi connectivity index (χ2n) is 7.92. The van der Waals surface area contributed by atoms with Crippen LogP contribution in [0.3, 0.4) is 0 Å². The van der Waals surface area contributed by atoms with E-state index in [1.54, 1.807) is 33.3 Å². The fourth-order valence-corrected chi connectivity index (χ4v) is 3.74. The highest BCUT2D eigenvalue weighted by Gasteiger charge is 2.33. The maximum Gasteiger partial charge on any atom is 0.259 e. The average Bonchev–Trinajstić information content (AvgIpc) is 3.27. The second-order valence-corrected chi connectivity index (χ2v) is 7.92. The summed E-state index contributed by atoms with van der Waals surface area (Å²) in [5.74, 6) is 2.09. The number of ether oxygens (including phenoxy) is 2. The summed E-state index contributed by atoms with van der Waals surface area (Å²) in [7, 11) is 6.82. The maximum absolute atomic E-state index is 13.0. The molecule has 0 saturated carbocycles. The Morgan fingerprint density at radius 2 is 2.12 bits per heavy atom. The molecule has 0 saturated heterocycles. The van der Waals surface area contributed by atoms with Crippen molar-refractivity contribution in [3.8, 4) is 11.5 Å². The zero-order chi connectivity index (χ0) is 22.8. The van der Waals surface area contributed by atoms with Crippen LogP contribution in [-0.4, -0.2) is 86.7 Å². The summed E-state index contributed by atoms with van der Waals surface area (Å²) >= 11 is 0. The number of amides is 1. The van der Waals surface area contributed by atoms with E-state index >= 15 is 0 Å². The van der Waals surface area contributed by atoms with E-state index in [0.717, 1.165) is 11.4 Å². The molecule has 0 fully saturated rings. The summed E-state index contributed by atoms with van der Waals surface area (Å²) in [5, 5.41) is 3.35. The van der Waals surface area contributed by atoms with Gasteiger partial charge < -0.3 is 29.5 Å².